The second-order valence-corrected chi connectivity index (χ2v) is 6.47. The van der Waals surface area contributed by atoms with Crippen LogP contribution in [0, 0.1) is 13.8 Å². The molecule has 1 amide bonds. The molecule has 1 atom stereocenters. The van der Waals surface area contributed by atoms with Gasteiger partial charge in [-0.15, -0.1) is 0 Å². The topological polar surface area (TPSA) is 58.8 Å². The summed E-state index contributed by atoms with van der Waals surface area (Å²) in [5.41, 5.74) is 2.88. The van der Waals surface area contributed by atoms with E-state index in [2.05, 4.69) is 22.2 Å². The third-order valence-corrected chi connectivity index (χ3v) is 4.92. The van der Waals surface area contributed by atoms with Gasteiger partial charge in [0.15, 0.2) is 0 Å². The molecule has 1 saturated heterocycles. The number of rotatable bonds is 4. The Morgan fingerprint density at radius 1 is 1.16 bits per heavy atom. The number of hydrogen-bond donors (Lipinski definition) is 0. The second kappa shape index (κ2) is 7.17. The third kappa shape index (κ3) is 3.48. The Morgan fingerprint density at radius 2 is 1.80 bits per heavy atom. The number of benzene rings is 1. The molecule has 0 aliphatic carbocycles. The van der Waals surface area contributed by atoms with Crippen LogP contribution in [0.5, 0.6) is 5.75 Å². The van der Waals surface area contributed by atoms with Gasteiger partial charge in [0.05, 0.1) is 18.7 Å². The van der Waals surface area contributed by atoms with Gasteiger partial charge in [0.2, 0.25) is 5.91 Å². The number of hydrogen-bond acceptors (Lipinski definition) is 5. The van der Waals surface area contributed by atoms with Crippen molar-refractivity contribution >= 4 is 11.6 Å². The fourth-order valence-corrected chi connectivity index (χ4v) is 3.48. The SMILES string of the molecule is COc1ccc(N2CCN(C(=O)C(C)c3c(C)noc3C)CC2)cc1. The normalized spacial score (nSPS) is 16.0. The van der Waals surface area contributed by atoms with Crippen LogP contribution in [0.1, 0.15) is 29.9 Å². The molecule has 1 aliphatic rings. The second-order valence-electron chi connectivity index (χ2n) is 6.47. The highest BCUT2D eigenvalue weighted by atomic mass is 16.5. The van der Waals surface area contributed by atoms with Gasteiger partial charge in [0, 0.05) is 37.4 Å². The monoisotopic (exact) mass is 343 g/mol. The van der Waals surface area contributed by atoms with E-state index in [1.54, 1.807) is 7.11 Å². The number of nitrogens with zero attached hydrogens (tertiary/aromatic N) is 3. The van der Waals surface area contributed by atoms with Crippen molar-refractivity contribution in [3.8, 4) is 5.75 Å². The number of carbonyl (C=O) groups excluding carboxylic acids is 1. The van der Waals surface area contributed by atoms with Crippen molar-refractivity contribution in [1.82, 2.24) is 10.1 Å². The zero-order chi connectivity index (χ0) is 18.0. The van der Waals surface area contributed by atoms with Gasteiger partial charge in [-0.3, -0.25) is 4.79 Å². The molecule has 2 heterocycles. The van der Waals surface area contributed by atoms with Crippen molar-refractivity contribution in [3.63, 3.8) is 0 Å². The van der Waals surface area contributed by atoms with E-state index in [0.29, 0.717) is 0 Å². The fourth-order valence-electron chi connectivity index (χ4n) is 3.48. The van der Waals surface area contributed by atoms with Crippen LogP contribution in [0.25, 0.3) is 0 Å². The summed E-state index contributed by atoms with van der Waals surface area (Å²) in [6.07, 6.45) is 0. The highest BCUT2D eigenvalue weighted by molar-refractivity contribution is 5.84. The molecule has 0 radical (unpaired) electrons. The molecule has 1 aromatic carbocycles. The predicted octanol–water partition coefficient (Wildman–Crippen LogP) is 2.75. The van der Waals surface area contributed by atoms with E-state index in [9.17, 15) is 4.79 Å². The van der Waals surface area contributed by atoms with Gasteiger partial charge in [-0.25, -0.2) is 0 Å². The summed E-state index contributed by atoms with van der Waals surface area (Å²) in [5, 5.41) is 3.97. The zero-order valence-corrected chi connectivity index (χ0v) is 15.3. The molecule has 1 unspecified atom stereocenters. The minimum atomic E-state index is -0.223. The van der Waals surface area contributed by atoms with Crippen LogP contribution in [0.2, 0.25) is 0 Å². The highest BCUT2D eigenvalue weighted by Gasteiger charge is 2.29. The van der Waals surface area contributed by atoms with Gasteiger partial charge < -0.3 is 19.1 Å². The minimum Gasteiger partial charge on any atom is -0.497 e. The van der Waals surface area contributed by atoms with E-state index in [4.69, 9.17) is 9.26 Å². The predicted molar refractivity (Wildman–Crippen MR) is 96.2 cm³/mol. The van der Waals surface area contributed by atoms with Crippen LogP contribution in [0.3, 0.4) is 0 Å². The minimum absolute atomic E-state index is 0.142. The van der Waals surface area contributed by atoms with E-state index in [-0.39, 0.29) is 11.8 Å². The quantitative estimate of drug-likeness (QED) is 0.854. The molecule has 0 spiro atoms. The molecule has 1 aromatic heterocycles. The largest absolute Gasteiger partial charge is 0.497 e. The summed E-state index contributed by atoms with van der Waals surface area (Å²) >= 11 is 0. The van der Waals surface area contributed by atoms with E-state index < -0.39 is 0 Å². The molecule has 1 fully saturated rings. The summed E-state index contributed by atoms with van der Waals surface area (Å²) in [7, 11) is 1.67. The van der Waals surface area contributed by atoms with Crippen LogP contribution in [0.15, 0.2) is 28.8 Å². The van der Waals surface area contributed by atoms with Crippen LogP contribution >= 0.6 is 0 Å². The third-order valence-electron chi connectivity index (χ3n) is 4.92. The first kappa shape index (κ1) is 17.3. The first-order chi connectivity index (χ1) is 12.0. The summed E-state index contributed by atoms with van der Waals surface area (Å²) in [4.78, 5) is 17.1. The van der Waals surface area contributed by atoms with Gasteiger partial charge in [0.25, 0.3) is 0 Å². The molecular weight excluding hydrogens is 318 g/mol. The van der Waals surface area contributed by atoms with Crippen molar-refractivity contribution in [1.29, 1.82) is 0 Å². The highest BCUT2D eigenvalue weighted by Crippen LogP contribution is 2.26. The first-order valence-corrected chi connectivity index (χ1v) is 8.61. The standard InChI is InChI=1S/C19H25N3O3/c1-13(18-14(2)20-25-15(18)3)19(23)22-11-9-21(10-12-22)16-5-7-17(24-4)8-6-16/h5-8,13H,9-12H2,1-4H3. The lowest BCUT2D eigenvalue weighted by Crippen LogP contribution is -2.49. The maximum Gasteiger partial charge on any atom is 0.230 e. The van der Waals surface area contributed by atoms with E-state index in [0.717, 1.165) is 54.6 Å². The van der Waals surface area contributed by atoms with Crippen LogP contribution in [-0.2, 0) is 4.79 Å². The Balaban J connectivity index is 1.62. The summed E-state index contributed by atoms with van der Waals surface area (Å²) in [5.74, 6) is 1.50. The molecule has 3 rings (SSSR count). The van der Waals surface area contributed by atoms with Gasteiger partial charge in [-0.05, 0) is 45.0 Å². The lowest BCUT2D eigenvalue weighted by Gasteiger charge is -2.37. The lowest BCUT2D eigenvalue weighted by atomic mass is 9.97. The van der Waals surface area contributed by atoms with Gasteiger partial charge in [-0.2, -0.15) is 0 Å². The molecule has 0 saturated carbocycles. The van der Waals surface area contributed by atoms with E-state index >= 15 is 0 Å². The van der Waals surface area contributed by atoms with Gasteiger partial charge in [0.1, 0.15) is 11.5 Å². The van der Waals surface area contributed by atoms with Crippen molar-refractivity contribution < 1.29 is 14.1 Å². The lowest BCUT2D eigenvalue weighted by molar-refractivity contribution is -0.132. The van der Waals surface area contributed by atoms with Crippen LogP contribution < -0.4 is 9.64 Å². The van der Waals surface area contributed by atoms with Crippen LogP contribution in [0.4, 0.5) is 5.69 Å². The summed E-state index contributed by atoms with van der Waals surface area (Å²) in [6.45, 7) is 8.78. The molecule has 0 N–H and O–H groups in total. The number of amides is 1. The van der Waals surface area contributed by atoms with Gasteiger partial charge in [-0.1, -0.05) is 5.16 Å². The number of anilines is 1. The Morgan fingerprint density at radius 3 is 2.32 bits per heavy atom. The number of carbonyl (C=O) groups is 1. The number of aryl methyl sites for hydroxylation is 2. The molecule has 0 bridgehead atoms. The Hall–Kier alpha value is -2.50. The maximum absolute atomic E-state index is 12.8. The average Bonchev–Trinajstić information content (AvgIpc) is 2.99. The first-order valence-electron chi connectivity index (χ1n) is 8.61. The Labute approximate surface area is 148 Å². The molecule has 134 valence electrons. The average molecular weight is 343 g/mol. The molecule has 1 aliphatic heterocycles. The molecule has 2 aromatic rings. The van der Waals surface area contributed by atoms with Crippen molar-refractivity contribution in [3.05, 3.63) is 41.3 Å². The Kier molecular flexibility index (Phi) is 4.97. The molecule has 6 heteroatoms. The summed E-state index contributed by atoms with van der Waals surface area (Å²) in [6, 6.07) is 8.05. The number of piperazine rings is 1. The smallest absolute Gasteiger partial charge is 0.230 e. The zero-order valence-electron chi connectivity index (χ0n) is 15.3. The van der Waals surface area contributed by atoms with Crippen molar-refractivity contribution in [2.75, 3.05) is 38.2 Å². The Bertz CT molecular complexity index is 711. The molecular formula is C19H25N3O3. The summed E-state index contributed by atoms with van der Waals surface area (Å²) < 4.78 is 10.4. The van der Waals surface area contributed by atoms with Crippen molar-refractivity contribution in [2.24, 2.45) is 0 Å². The maximum atomic E-state index is 12.8. The number of ether oxygens (including phenoxy) is 1. The molecule has 6 nitrogen and oxygen atoms in total. The van der Waals surface area contributed by atoms with Crippen LogP contribution in [-0.4, -0.2) is 49.3 Å². The fraction of sp³-hybridized carbons (Fsp3) is 0.474. The number of methoxy groups -OCH3 is 1. The van der Waals surface area contributed by atoms with Crippen molar-refractivity contribution in [2.45, 2.75) is 26.7 Å². The van der Waals surface area contributed by atoms with E-state index in [1.807, 2.05) is 37.8 Å². The van der Waals surface area contributed by atoms with Gasteiger partial charge >= 0.3 is 0 Å². The molecule has 25 heavy (non-hydrogen) atoms. The van der Waals surface area contributed by atoms with E-state index in [1.165, 1.54) is 0 Å². The number of aromatic nitrogens is 1.